The van der Waals surface area contributed by atoms with E-state index >= 15 is 0 Å². The van der Waals surface area contributed by atoms with Gasteiger partial charge in [-0.1, -0.05) is 0 Å². The molecule has 0 aromatic carbocycles. The molecule has 0 saturated carbocycles. The molecule has 0 spiro atoms. The Labute approximate surface area is 219 Å². The molecule has 3 aliphatic heterocycles. The predicted octanol–water partition coefficient (Wildman–Crippen LogP) is 3.77. The highest BCUT2D eigenvalue weighted by Crippen LogP contribution is 2.43. The van der Waals surface area contributed by atoms with Gasteiger partial charge in [0.2, 0.25) is 0 Å². The van der Waals surface area contributed by atoms with Gasteiger partial charge in [0.05, 0.1) is 31.0 Å². The van der Waals surface area contributed by atoms with E-state index in [1.165, 1.54) is 0 Å². The molecule has 204 valence electrons. The second-order valence-corrected chi connectivity index (χ2v) is 10.7. The van der Waals surface area contributed by atoms with Crippen molar-refractivity contribution in [1.82, 2.24) is 30.0 Å². The van der Waals surface area contributed by atoms with Crippen LogP contribution in [0.5, 0.6) is 0 Å². The van der Waals surface area contributed by atoms with Crippen molar-refractivity contribution in [2.45, 2.75) is 63.5 Å². The summed E-state index contributed by atoms with van der Waals surface area (Å²) in [6.45, 7) is 4.96. The maximum absolute atomic E-state index is 13.3. The van der Waals surface area contributed by atoms with Gasteiger partial charge in [0.1, 0.15) is 11.6 Å². The summed E-state index contributed by atoms with van der Waals surface area (Å²) in [4.78, 5) is 15.7. The molecule has 6 rings (SSSR count). The molecule has 3 saturated heterocycles. The number of nitrogens with two attached hydrogens (primary N) is 1. The second kappa shape index (κ2) is 9.97. The van der Waals surface area contributed by atoms with Crippen molar-refractivity contribution < 1.29 is 17.9 Å². The average molecular weight is 531 g/mol. The van der Waals surface area contributed by atoms with Gasteiger partial charge in [-0.3, -0.25) is 19.9 Å². The maximum Gasteiger partial charge on any atom is 0.401 e. The van der Waals surface area contributed by atoms with Crippen LogP contribution in [0.4, 0.5) is 30.6 Å². The number of nitrogens with one attached hydrogen (secondary N) is 1. The normalized spacial score (nSPS) is 24.8. The number of piperidine rings is 1. The summed E-state index contributed by atoms with van der Waals surface area (Å²) in [5, 5.41) is 8.39. The van der Waals surface area contributed by atoms with Crippen molar-refractivity contribution >= 4 is 28.4 Å². The Morgan fingerprint density at radius 1 is 1.11 bits per heavy atom. The van der Waals surface area contributed by atoms with Crippen LogP contribution in [0.25, 0.3) is 10.9 Å². The minimum Gasteiger partial charge on any atom is -0.384 e. The van der Waals surface area contributed by atoms with E-state index in [1.54, 1.807) is 11.0 Å². The number of alkyl halides is 3. The van der Waals surface area contributed by atoms with E-state index in [0.717, 1.165) is 68.0 Å². The van der Waals surface area contributed by atoms with Gasteiger partial charge in [-0.2, -0.15) is 18.3 Å². The number of morpholine rings is 1. The van der Waals surface area contributed by atoms with Crippen molar-refractivity contribution in [2.24, 2.45) is 0 Å². The molecule has 3 atom stereocenters. The number of anilines is 3. The summed E-state index contributed by atoms with van der Waals surface area (Å²) in [7, 11) is 0. The summed E-state index contributed by atoms with van der Waals surface area (Å²) in [5.41, 5.74) is 8.88. The lowest BCUT2D eigenvalue weighted by Gasteiger charge is -2.43. The molecule has 9 nitrogen and oxygen atoms in total. The van der Waals surface area contributed by atoms with Gasteiger partial charge in [-0.15, -0.1) is 0 Å². The zero-order valence-corrected chi connectivity index (χ0v) is 21.4. The summed E-state index contributed by atoms with van der Waals surface area (Å²) < 4.78 is 45.3. The van der Waals surface area contributed by atoms with E-state index in [1.807, 2.05) is 25.1 Å². The Kier molecular flexibility index (Phi) is 6.65. The summed E-state index contributed by atoms with van der Waals surface area (Å²) in [6, 6.07) is 7.45. The van der Waals surface area contributed by atoms with Crippen LogP contribution in [-0.4, -0.2) is 87.1 Å². The number of halogens is 3. The fourth-order valence-corrected chi connectivity index (χ4v) is 6.35. The van der Waals surface area contributed by atoms with Gasteiger partial charge in [0.15, 0.2) is 5.82 Å². The third-order valence-corrected chi connectivity index (χ3v) is 7.99. The van der Waals surface area contributed by atoms with Crippen LogP contribution < -0.4 is 10.6 Å². The Balaban J connectivity index is 1.35. The fraction of sp³-hybridized carbons (Fsp3) is 0.577. The number of pyridine rings is 2. The topological polar surface area (TPSA) is 99.4 Å². The Hall–Kier alpha value is -2.96. The van der Waals surface area contributed by atoms with E-state index < -0.39 is 12.7 Å². The molecule has 3 aromatic heterocycles. The molecular weight excluding hydrogens is 497 g/mol. The molecule has 0 aliphatic carbocycles. The Morgan fingerprint density at radius 3 is 2.50 bits per heavy atom. The first-order chi connectivity index (χ1) is 18.2. The predicted molar refractivity (Wildman–Crippen MR) is 138 cm³/mol. The number of fused-ring (bicyclic) bond motifs is 3. The van der Waals surface area contributed by atoms with E-state index in [-0.39, 0.29) is 18.1 Å². The number of hydrogen-bond acceptors (Lipinski definition) is 8. The molecule has 38 heavy (non-hydrogen) atoms. The molecule has 12 heteroatoms. The number of aryl methyl sites for hydroxylation is 1. The highest BCUT2D eigenvalue weighted by atomic mass is 19.4. The van der Waals surface area contributed by atoms with Gasteiger partial charge in [0.25, 0.3) is 0 Å². The molecule has 1 unspecified atom stereocenters. The van der Waals surface area contributed by atoms with Crippen LogP contribution in [0.15, 0.2) is 24.3 Å². The minimum absolute atomic E-state index is 0.0646. The molecule has 3 fully saturated rings. The lowest BCUT2D eigenvalue weighted by molar-refractivity contribution is -0.155. The van der Waals surface area contributed by atoms with Crippen molar-refractivity contribution in [3.63, 3.8) is 0 Å². The van der Waals surface area contributed by atoms with E-state index in [9.17, 15) is 13.2 Å². The molecule has 0 amide bonds. The van der Waals surface area contributed by atoms with Crippen molar-refractivity contribution in [3.8, 4) is 0 Å². The first-order valence-corrected chi connectivity index (χ1v) is 13.2. The van der Waals surface area contributed by atoms with Gasteiger partial charge in [-0.25, -0.2) is 4.98 Å². The molecule has 3 aliphatic rings. The quantitative estimate of drug-likeness (QED) is 0.497. The highest BCUT2D eigenvalue weighted by molar-refractivity contribution is 5.93. The average Bonchev–Trinajstić information content (AvgIpc) is 3.36. The minimum atomic E-state index is -4.21. The number of H-pyrrole nitrogens is 1. The van der Waals surface area contributed by atoms with Gasteiger partial charge >= 0.3 is 6.18 Å². The van der Waals surface area contributed by atoms with Gasteiger partial charge < -0.3 is 15.4 Å². The summed E-state index contributed by atoms with van der Waals surface area (Å²) in [6.07, 6.45) is -1.48. The summed E-state index contributed by atoms with van der Waals surface area (Å²) >= 11 is 0. The number of rotatable bonds is 6. The molecule has 3 aromatic rings. The zero-order valence-electron chi connectivity index (χ0n) is 21.4. The first kappa shape index (κ1) is 25.3. The van der Waals surface area contributed by atoms with Crippen LogP contribution in [-0.2, 0) is 11.3 Å². The van der Waals surface area contributed by atoms with Crippen LogP contribution in [0.1, 0.15) is 37.1 Å². The Bertz CT molecular complexity index is 1280. The Morgan fingerprint density at radius 2 is 1.84 bits per heavy atom. The number of aromatic amines is 1. The molecule has 0 radical (unpaired) electrons. The van der Waals surface area contributed by atoms with Crippen LogP contribution >= 0.6 is 0 Å². The second-order valence-electron chi connectivity index (χ2n) is 10.7. The number of hydrogen-bond donors (Lipinski definition) is 2. The lowest BCUT2D eigenvalue weighted by atomic mass is 9.95. The van der Waals surface area contributed by atoms with E-state index in [2.05, 4.69) is 20.0 Å². The third-order valence-electron chi connectivity index (χ3n) is 7.99. The van der Waals surface area contributed by atoms with Crippen molar-refractivity contribution in [3.05, 3.63) is 35.7 Å². The molecular formula is C26H33F3N8O. The SMILES string of the molecule is Cc1cc(N(c2nc(N)cc3nc(CN4CCOCC4)ccc23)C2C[C@H]3CC[C@@H](C2)N3CC(F)(F)F)n[nH]1. The van der Waals surface area contributed by atoms with E-state index in [4.69, 9.17) is 20.4 Å². The van der Waals surface area contributed by atoms with E-state index in [0.29, 0.717) is 30.3 Å². The largest absolute Gasteiger partial charge is 0.401 e. The van der Waals surface area contributed by atoms with Crippen molar-refractivity contribution in [1.29, 1.82) is 0 Å². The van der Waals surface area contributed by atoms with Crippen molar-refractivity contribution in [2.75, 3.05) is 43.5 Å². The van der Waals surface area contributed by atoms with Gasteiger partial charge in [0, 0.05) is 61.0 Å². The zero-order chi connectivity index (χ0) is 26.4. The first-order valence-electron chi connectivity index (χ1n) is 13.2. The van der Waals surface area contributed by atoms with Crippen LogP contribution in [0, 0.1) is 6.92 Å². The van der Waals surface area contributed by atoms with Crippen LogP contribution in [0.2, 0.25) is 0 Å². The number of nitrogen functional groups attached to an aromatic ring is 1. The molecule has 3 N–H and O–H groups in total. The number of nitrogens with zero attached hydrogens (tertiary/aromatic N) is 6. The van der Waals surface area contributed by atoms with Gasteiger partial charge in [-0.05, 0) is 44.7 Å². The number of ether oxygens (including phenoxy) is 1. The van der Waals surface area contributed by atoms with Crippen LogP contribution in [0.3, 0.4) is 0 Å². The number of aromatic nitrogens is 4. The molecule has 2 bridgehead atoms. The standard InChI is InChI=1S/C26H33F3N8O/c1-16-10-24(34-33-16)37(20-11-18-3-4-19(12-20)36(18)15-26(27,28)29)25-21-5-2-17(14-35-6-8-38-9-7-35)31-22(21)13-23(30)32-25/h2,5,10,13,18-20H,3-4,6-9,11-12,14-15H2,1H3,(H2,30,32)(H,33,34)/t18-,19+,20?. The smallest absolute Gasteiger partial charge is 0.384 e. The molecule has 6 heterocycles. The fourth-order valence-electron chi connectivity index (χ4n) is 6.35. The lowest BCUT2D eigenvalue weighted by Crippen LogP contribution is -2.52. The monoisotopic (exact) mass is 530 g/mol. The highest BCUT2D eigenvalue weighted by Gasteiger charge is 2.47. The summed E-state index contributed by atoms with van der Waals surface area (Å²) in [5.74, 6) is 1.68. The third kappa shape index (κ3) is 5.16. The maximum atomic E-state index is 13.3.